The summed E-state index contributed by atoms with van der Waals surface area (Å²) >= 11 is 1.66. The van der Waals surface area contributed by atoms with Gasteiger partial charge in [0.1, 0.15) is 0 Å². The summed E-state index contributed by atoms with van der Waals surface area (Å²) in [7, 11) is 1.69. The van der Waals surface area contributed by atoms with Gasteiger partial charge in [-0.15, -0.1) is 0 Å². The van der Waals surface area contributed by atoms with Gasteiger partial charge in [-0.25, -0.2) is 0 Å². The Bertz CT molecular complexity index is 606. The van der Waals surface area contributed by atoms with E-state index in [2.05, 4.69) is 24.0 Å². The van der Waals surface area contributed by atoms with Crippen LogP contribution in [0, 0.1) is 11.8 Å². The average Bonchev–Trinajstić information content (AvgIpc) is 2.52. The molecule has 0 radical (unpaired) electrons. The first-order valence-electron chi connectivity index (χ1n) is 6.37. The van der Waals surface area contributed by atoms with Gasteiger partial charge in [0.15, 0.2) is 0 Å². The van der Waals surface area contributed by atoms with Crippen molar-refractivity contribution in [2.24, 2.45) is 0 Å². The van der Waals surface area contributed by atoms with Crippen LogP contribution in [0.15, 0.2) is 76.5 Å². The van der Waals surface area contributed by atoms with Gasteiger partial charge in [0.25, 0.3) is 0 Å². The van der Waals surface area contributed by atoms with Crippen molar-refractivity contribution in [3.8, 4) is 11.8 Å². The van der Waals surface area contributed by atoms with Crippen molar-refractivity contribution in [2.75, 3.05) is 13.7 Å². The maximum atomic E-state index is 5.10. The van der Waals surface area contributed by atoms with E-state index in [1.54, 1.807) is 18.9 Å². The molecule has 0 N–H and O–H groups in total. The maximum Gasteiger partial charge on any atom is 0.0663 e. The van der Waals surface area contributed by atoms with E-state index in [9.17, 15) is 0 Å². The topological polar surface area (TPSA) is 9.23 Å². The molecule has 100 valence electrons. The Balaban J connectivity index is 2.15. The summed E-state index contributed by atoms with van der Waals surface area (Å²) in [5.41, 5.74) is 1.02. The minimum atomic E-state index is 0.568. The lowest BCUT2D eigenvalue weighted by Crippen LogP contribution is -1.84. The number of hydrogen-bond acceptors (Lipinski definition) is 2. The van der Waals surface area contributed by atoms with Crippen LogP contribution in [0.4, 0.5) is 0 Å². The molecule has 0 fully saturated rings. The normalized spacial score (nSPS) is 10.8. The monoisotopic (exact) mass is 280 g/mol. The molecule has 0 aliphatic carbocycles. The van der Waals surface area contributed by atoms with Gasteiger partial charge in [-0.1, -0.05) is 60.0 Å². The SMILES string of the molecule is COC/C=C(/C#Cc1ccccc1)Sc1ccccc1. The fourth-order valence-electron chi connectivity index (χ4n) is 1.55. The van der Waals surface area contributed by atoms with Gasteiger partial charge < -0.3 is 4.74 Å². The fraction of sp³-hybridized carbons (Fsp3) is 0.111. The van der Waals surface area contributed by atoms with Gasteiger partial charge in [0, 0.05) is 17.6 Å². The lowest BCUT2D eigenvalue weighted by atomic mass is 10.2. The Labute approximate surface area is 124 Å². The summed E-state index contributed by atoms with van der Waals surface area (Å²) in [4.78, 5) is 2.18. The summed E-state index contributed by atoms with van der Waals surface area (Å²) in [6.07, 6.45) is 2.01. The lowest BCUT2D eigenvalue weighted by molar-refractivity contribution is 0.234. The highest BCUT2D eigenvalue weighted by Gasteiger charge is 1.97. The van der Waals surface area contributed by atoms with E-state index < -0.39 is 0 Å². The van der Waals surface area contributed by atoms with Crippen molar-refractivity contribution in [3.05, 3.63) is 77.2 Å². The lowest BCUT2D eigenvalue weighted by Gasteiger charge is -2.00. The van der Waals surface area contributed by atoms with E-state index >= 15 is 0 Å². The Kier molecular flexibility index (Phi) is 5.98. The van der Waals surface area contributed by atoms with Crippen molar-refractivity contribution >= 4 is 11.8 Å². The second kappa shape index (κ2) is 8.27. The molecule has 0 bridgehead atoms. The molecule has 0 heterocycles. The summed E-state index contributed by atoms with van der Waals surface area (Å²) in [5.74, 6) is 6.39. The van der Waals surface area contributed by atoms with Gasteiger partial charge in [0.05, 0.1) is 11.5 Å². The van der Waals surface area contributed by atoms with Crippen LogP contribution >= 0.6 is 11.8 Å². The molecule has 20 heavy (non-hydrogen) atoms. The number of ether oxygens (including phenoxy) is 1. The second-order valence-electron chi connectivity index (χ2n) is 4.05. The third-order valence-electron chi connectivity index (χ3n) is 2.51. The van der Waals surface area contributed by atoms with Crippen molar-refractivity contribution in [2.45, 2.75) is 4.90 Å². The Morgan fingerprint density at radius 2 is 1.70 bits per heavy atom. The van der Waals surface area contributed by atoms with Crippen LogP contribution in [0.2, 0.25) is 0 Å². The van der Waals surface area contributed by atoms with Gasteiger partial charge in [-0.2, -0.15) is 0 Å². The highest BCUT2D eigenvalue weighted by atomic mass is 32.2. The van der Waals surface area contributed by atoms with E-state index in [1.165, 1.54) is 4.90 Å². The molecule has 2 heteroatoms. The van der Waals surface area contributed by atoms with Crippen molar-refractivity contribution in [1.82, 2.24) is 0 Å². The number of methoxy groups -OCH3 is 1. The molecule has 2 aromatic rings. The van der Waals surface area contributed by atoms with Crippen LogP contribution in [0.25, 0.3) is 0 Å². The first kappa shape index (κ1) is 14.5. The number of hydrogen-bond donors (Lipinski definition) is 0. The highest BCUT2D eigenvalue weighted by molar-refractivity contribution is 8.03. The van der Waals surface area contributed by atoms with Gasteiger partial charge in [0.2, 0.25) is 0 Å². The van der Waals surface area contributed by atoms with E-state index in [0.717, 1.165) is 10.5 Å². The zero-order valence-corrected chi connectivity index (χ0v) is 12.2. The van der Waals surface area contributed by atoms with E-state index in [0.29, 0.717) is 6.61 Å². The van der Waals surface area contributed by atoms with E-state index in [4.69, 9.17) is 4.74 Å². The molecule has 0 aliphatic heterocycles. The van der Waals surface area contributed by atoms with Gasteiger partial charge in [-0.05, 0) is 30.3 Å². The predicted octanol–water partition coefficient (Wildman–Crippen LogP) is 4.36. The standard InChI is InChI=1S/C18H16OS/c1-19-15-14-18(20-17-10-6-3-7-11-17)13-12-16-8-4-2-5-9-16/h2-11,14H,15H2,1H3/b18-14-. The molecule has 0 saturated heterocycles. The zero-order valence-electron chi connectivity index (χ0n) is 11.4. The molecule has 0 saturated carbocycles. The van der Waals surface area contributed by atoms with E-state index in [-0.39, 0.29) is 0 Å². The molecule has 2 aromatic carbocycles. The molecule has 0 spiro atoms. The Hall–Kier alpha value is -1.95. The highest BCUT2D eigenvalue weighted by Crippen LogP contribution is 2.25. The Morgan fingerprint density at radius 1 is 1.05 bits per heavy atom. The van der Waals surface area contributed by atoms with Gasteiger partial charge >= 0.3 is 0 Å². The number of benzene rings is 2. The summed E-state index contributed by atoms with van der Waals surface area (Å²) in [6.45, 7) is 0.568. The van der Waals surface area contributed by atoms with Crippen LogP contribution < -0.4 is 0 Å². The minimum absolute atomic E-state index is 0.568. The third kappa shape index (κ3) is 4.97. The molecule has 0 aliphatic rings. The van der Waals surface area contributed by atoms with Crippen molar-refractivity contribution in [1.29, 1.82) is 0 Å². The quantitative estimate of drug-likeness (QED) is 0.608. The average molecular weight is 280 g/mol. The summed E-state index contributed by atoms with van der Waals surface area (Å²) in [6, 6.07) is 20.2. The zero-order chi connectivity index (χ0) is 14.0. The number of allylic oxidation sites excluding steroid dienone is 1. The summed E-state index contributed by atoms with van der Waals surface area (Å²) < 4.78 is 5.10. The van der Waals surface area contributed by atoms with Crippen LogP contribution in [-0.2, 0) is 4.74 Å². The molecule has 0 atom stereocenters. The molecule has 0 unspecified atom stereocenters. The van der Waals surface area contributed by atoms with Crippen LogP contribution in [0.5, 0.6) is 0 Å². The van der Waals surface area contributed by atoms with Crippen LogP contribution in [-0.4, -0.2) is 13.7 Å². The predicted molar refractivity (Wildman–Crippen MR) is 85.6 cm³/mol. The molecule has 2 rings (SSSR count). The molecule has 0 aromatic heterocycles. The van der Waals surface area contributed by atoms with Crippen molar-refractivity contribution in [3.63, 3.8) is 0 Å². The number of thioether (sulfide) groups is 1. The molecule has 0 amide bonds. The maximum absolute atomic E-state index is 5.10. The first-order valence-corrected chi connectivity index (χ1v) is 7.19. The first-order chi connectivity index (χ1) is 9.88. The van der Waals surface area contributed by atoms with Crippen LogP contribution in [0.3, 0.4) is 0 Å². The van der Waals surface area contributed by atoms with Crippen molar-refractivity contribution < 1.29 is 4.74 Å². The Morgan fingerprint density at radius 3 is 2.35 bits per heavy atom. The third-order valence-corrected chi connectivity index (χ3v) is 3.51. The van der Waals surface area contributed by atoms with Crippen LogP contribution in [0.1, 0.15) is 5.56 Å². The minimum Gasteiger partial charge on any atom is -0.381 e. The molecular weight excluding hydrogens is 264 g/mol. The van der Waals surface area contributed by atoms with Gasteiger partial charge in [-0.3, -0.25) is 0 Å². The summed E-state index contributed by atoms with van der Waals surface area (Å²) in [5, 5.41) is 0. The molecular formula is C18H16OS. The fourth-order valence-corrected chi connectivity index (χ4v) is 2.35. The smallest absolute Gasteiger partial charge is 0.0663 e. The molecule has 1 nitrogen and oxygen atoms in total. The largest absolute Gasteiger partial charge is 0.381 e. The van der Waals surface area contributed by atoms with E-state index in [1.807, 2.05) is 54.6 Å². The second-order valence-corrected chi connectivity index (χ2v) is 5.17. The number of rotatable bonds is 4.